The highest BCUT2D eigenvalue weighted by atomic mass is 19.1. The van der Waals surface area contributed by atoms with Crippen molar-refractivity contribution in [1.29, 1.82) is 0 Å². The van der Waals surface area contributed by atoms with Crippen LogP contribution in [0, 0.1) is 17.5 Å². The number of nitrogens with two attached hydrogens (primary N) is 1. The number of nitrogens with zero attached hydrogens (tertiary/aromatic N) is 3. The Morgan fingerprint density at radius 1 is 1.14 bits per heavy atom. The first-order chi connectivity index (χ1) is 13.8. The van der Waals surface area contributed by atoms with Crippen LogP contribution in [0.2, 0.25) is 0 Å². The van der Waals surface area contributed by atoms with Crippen LogP contribution in [0.3, 0.4) is 0 Å². The number of carbonyl (C=O) groups is 1. The van der Waals surface area contributed by atoms with Crippen molar-refractivity contribution in [3.8, 4) is 11.1 Å². The molecule has 9 heteroatoms. The number of anilines is 2. The molecular weight excluding hydrogens is 383 g/mol. The van der Waals surface area contributed by atoms with Crippen LogP contribution >= 0.6 is 0 Å². The molecule has 2 heterocycles. The van der Waals surface area contributed by atoms with Crippen LogP contribution in [0.1, 0.15) is 11.1 Å². The lowest BCUT2D eigenvalue weighted by atomic mass is 10.0. The Kier molecular flexibility index (Phi) is 4.65. The monoisotopic (exact) mass is 401 g/mol. The SMILES string of the molecule is Cn1cc(-c2cc3c(cc2F)N(C(=O)NCc2cc(F)cc(F)c2)CC3)c(N)n1. The molecular formula is C20H18F3N5O. The molecule has 3 N–H and O–H groups in total. The summed E-state index contributed by atoms with van der Waals surface area (Å²) < 4.78 is 42.8. The van der Waals surface area contributed by atoms with Gasteiger partial charge in [0.1, 0.15) is 17.5 Å². The molecule has 0 spiro atoms. The minimum absolute atomic E-state index is 0.0495. The number of amides is 2. The van der Waals surface area contributed by atoms with Gasteiger partial charge in [-0.25, -0.2) is 18.0 Å². The number of carbonyl (C=O) groups excluding carboxylic acids is 1. The van der Waals surface area contributed by atoms with Gasteiger partial charge in [0.2, 0.25) is 0 Å². The third-order valence-corrected chi connectivity index (χ3v) is 4.82. The van der Waals surface area contributed by atoms with Crippen LogP contribution in [0.5, 0.6) is 0 Å². The number of halogens is 3. The molecule has 150 valence electrons. The second-order valence-corrected chi connectivity index (χ2v) is 6.90. The molecule has 4 rings (SSSR count). The molecule has 1 aromatic heterocycles. The van der Waals surface area contributed by atoms with Gasteiger partial charge in [-0.3, -0.25) is 9.58 Å². The first kappa shape index (κ1) is 18.9. The second-order valence-electron chi connectivity index (χ2n) is 6.90. The third-order valence-electron chi connectivity index (χ3n) is 4.82. The summed E-state index contributed by atoms with van der Waals surface area (Å²) in [7, 11) is 1.70. The number of nitrogen functional groups attached to an aromatic ring is 1. The molecule has 0 aliphatic carbocycles. The van der Waals surface area contributed by atoms with E-state index in [1.807, 2.05) is 0 Å². The normalized spacial score (nSPS) is 12.9. The van der Waals surface area contributed by atoms with Gasteiger partial charge in [-0.05, 0) is 41.8 Å². The zero-order chi connectivity index (χ0) is 20.7. The van der Waals surface area contributed by atoms with Crippen molar-refractivity contribution in [2.24, 2.45) is 7.05 Å². The van der Waals surface area contributed by atoms with E-state index in [2.05, 4.69) is 10.4 Å². The minimum atomic E-state index is -0.718. The molecule has 0 bridgehead atoms. The third kappa shape index (κ3) is 3.63. The average molecular weight is 401 g/mol. The summed E-state index contributed by atoms with van der Waals surface area (Å²) in [6, 6.07) is 5.55. The predicted octanol–water partition coefficient (Wildman–Crippen LogP) is 3.36. The van der Waals surface area contributed by atoms with Gasteiger partial charge in [0, 0.05) is 43.5 Å². The van der Waals surface area contributed by atoms with E-state index in [1.54, 1.807) is 19.3 Å². The molecule has 2 aromatic carbocycles. The fraction of sp³-hybridized carbons (Fsp3) is 0.200. The average Bonchev–Trinajstić information content (AvgIpc) is 3.20. The van der Waals surface area contributed by atoms with Crippen molar-refractivity contribution in [2.45, 2.75) is 13.0 Å². The standard InChI is InChI=1S/C20H18F3N5O/c1-27-10-16(19(24)26-27)15-6-12-2-3-28(18(12)8-17(15)23)20(29)25-9-11-4-13(21)7-14(22)5-11/h4-8,10H,2-3,9H2,1H3,(H2,24,26)(H,25,29). The number of aryl methyl sites for hydroxylation is 1. The van der Waals surface area contributed by atoms with Crippen LogP contribution in [0.4, 0.5) is 29.5 Å². The van der Waals surface area contributed by atoms with Crippen LogP contribution in [-0.2, 0) is 20.0 Å². The molecule has 0 fully saturated rings. The topological polar surface area (TPSA) is 76.2 Å². The summed E-state index contributed by atoms with van der Waals surface area (Å²) in [6.07, 6.45) is 2.18. The van der Waals surface area contributed by atoms with Crippen molar-refractivity contribution in [3.05, 3.63) is 65.1 Å². The van der Waals surface area contributed by atoms with Gasteiger partial charge >= 0.3 is 6.03 Å². The van der Waals surface area contributed by atoms with Crippen LogP contribution in [-0.4, -0.2) is 22.4 Å². The van der Waals surface area contributed by atoms with E-state index in [0.29, 0.717) is 35.3 Å². The van der Waals surface area contributed by atoms with Crippen LogP contribution in [0.25, 0.3) is 11.1 Å². The van der Waals surface area contributed by atoms with E-state index in [0.717, 1.165) is 23.8 Å². The molecule has 6 nitrogen and oxygen atoms in total. The van der Waals surface area contributed by atoms with Gasteiger partial charge < -0.3 is 11.1 Å². The minimum Gasteiger partial charge on any atom is -0.382 e. The molecule has 0 saturated heterocycles. The van der Waals surface area contributed by atoms with Crippen molar-refractivity contribution in [1.82, 2.24) is 15.1 Å². The fourth-order valence-corrected chi connectivity index (χ4v) is 3.53. The Hall–Kier alpha value is -3.49. The Bertz CT molecular complexity index is 1090. The number of rotatable bonds is 3. The number of urea groups is 1. The highest BCUT2D eigenvalue weighted by Gasteiger charge is 2.27. The van der Waals surface area contributed by atoms with E-state index in [9.17, 15) is 18.0 Å². The van der Waals surface area contributed by atoms with E-state index in [4.69, 9.17) is 5.73 Å². The van der Waals surface area contributed by atoms with Gasteiger partial charge in [-0.15, -0.1) is 0 Å². The maximum absolute atomic E-state index is 14.8. The summed E-state index contributed by atoms with van der Waals surface area (Å²) in [5, 5.41) is 6.64. The Morgan fingerprint density at radius 2 is 1.86 bits per heavy atom. The summed E-state index contributed by atoms with van der Waals surface area (Å²) in [4.78, 5) is 14.0. The highest BCUT2D eigenvalue weighted by molar-refractivity contribution is 5.95. The van der Waals surface area contributed by atoms with Gasteiger partial charge in [0.05, 0.1) is 5.69 Å². The second kappa shape index (κ2) is 7.16. The predicted molar refractivity (Wildman–Crippen MR) is 103 cm³/mol. The first-order valence-electron chi connectivity index (χ1n) is 8.94. The lowest BCUT2D eigenvalue weighted by Crippen LogP contribution is -2.38. The van der Waals surface area contributed by atoms with E-state index < -0.39 is 23.5 Å². The lowest BCUT2D eigenvalue weighted by molar-refractivity contribution is 0.246. The summed E-state index contributed by atoms with van der Waals surface area (Å²) in [5.74, 6) is -1.73. The van der Waals surface area contributed by atoms with E-state index >= 15 is 0 Å². The van der Waals surface area contributed by atoms with Crippen molar-refractivity contribution >= 4 is 17.5 Å². The molecule has 1 aliphatic heterocycles. The van der Waals surface area contributed by atoms with Gasteiger partial charge in [-0.1, -0.05) is 0 Å². The van der Waals surface area contributed by atoms with Crippen LogP contribution in [0.15, 0.2) is 36.5 Å². The molecule has 3 aromatic rings. The quantitative estimate of drug-likeness (QED) is 0.707. The molecule has 0 radical (unpaired) electrons. The van der Waals surface area contributed by atoms with Gasteiger partial charge in [0.25, 0.3) is 0 Å². The maximum atomic E-state index is 14.8. The summed E-state index contributed by atoms with van der Waals surface area (Å²) >= 11 is 0. The Balaban J connectivity index is 1.54. The largest absolute Gasteiger partial charge is 0.382 e. The Labute approximate surface area is 164 Å². The van der Waals surface area contributed by atoms with Gasteiger partial charge in [-0.2, -0.15) is 5.10 Å². The summed E-state index contributed by atoms with van der Waals surface area (Å²) in [5.41, 5.74) is 8.22. The van der Waals surface area contributed by atoms with Crippen molar-refractivity contribution < 1.29 is 18.0 Å². The number of hydrogen-bond donors (Lipinski definition) is 2. The molecule has 2 amide bonds. The summed E-state index contributed by atoms with van der Waals surface area (Å²) in [6.45, 7) is 0.316. The van der Waals surface area contributed by atoms with E-state index in [1.165, 1.54) is 15.6 Å². The number of aromatic nitrogens is 2. The number of nitrogens with one attached hydrogen (secondary N) is 1. The van der Waals surface area contributed by atoms with Crippen molar-refractivity contribution in [2.75, 3.05) is 17.2 Å². The zero-order valence-electron chi connectivity index (χ0n) is 15.5. The van der Waals surface area contributed by atoms with E-state index in [-0.39, 0.29) is 12.4 Å². The molecule has 0 unspecified atom stereocenters. The zero-order valence-corrected chi connectivity index (χ0v) is 15.5. The maximum Gasteiger partial charge on any atom is 0.322 e. The van der Waals surface area contributed by atoms with Crippen LogP contribution < -0.4 is 16.0 Å². The molecule has 29 heavy (non-hydrogen) atoms. The fourth-order valence-electron chi connectivity index (χ4n) is 3.53. The highest BCUT2D eigenvalue weighted by Crippen LogP contribution is 2.36. The number of benzene rings is 2. The first-order valence-corrected chi connectivity index (χ1v) is 8.94. The lowest BCUT2D eigenvalue weighted by Gasteiger charge is -2.19. The molecule has 0 saturated carbocycles. The smallest absolute Gasteiger partial charge is 0.322 e. The molecule has 1 aliphatic rings. The van der Waals surface area contributed by atoms with Gasteiger partial charge in [0.15, 0.2) is 5.82 Å². The number of fused-ring (bicyclic) bond motifs is 1. The number of hydrogen-bond acceptors (Lipinski definition) is 3. The Morgan fingerprint density at radius 3 is 2.52 bits per heavy atom. The van der Waals surface area contributed by atoms with Crippen molar-refractivity contribution in [3.63, 3.8) is 0 Å². The molecule has 0 atom stereocenters.